The van der Waals surface area contributed by atoms with Crippen LogP contribution in [0, 0.1) is 0 Å². The van der Waals surface area contributed by atoms with E-state index in [0.717, 1.165) is 57.2 Å². The summed E-state index contributed by atoms with van der Waals surface area (Å²) in [5.41, 5.74) is 0.920. The Morgan fingerprint density at radius 2 is 2.19 bits per heavy atom. The van der Waals surface area contributed by atoms with E-state index < -0.39 is 0 Å². The summed E-state index contributed by atoms with van der Waals surface area (Å²) < 4.78 is 19.0. The van der Waals surface area contributed by atoms with Crippen molar-refractivity contribution in [2.75, 3.05) is 53.6 Å². The number of hydrogen-bond donors (Lipinski definition) is 1. The van der Waals surface area contributed by atoms with Crippen LogP contribution >= 0.6 is 24.0 Å². The van der Waals surface area contributed by atoms with Gasteiger partial charge in [0.1, 0.15) is 6.10 Å². The van der Waals surface area contributed by atoms with Gasteiger partial charge in [0.25, 0.3) is 0 Å². The van der Waals surface area contributed by atoms with Gasteiger partial charge < -0.3 is 24.4 Å². The zero-order chi connectivity index (χ0) is 17.7. The molecule has 1 aromatic rings. The Bertz CT molecular complexity index is 589. The molecule has 2 aliphatic rings. The SMILES string of the molecule is CN=C(NCC1(OC)CCOCC1)N1CCOC(c2cnn(C)c2)C1.I. The Morgan fingerprint density at radius 3 is 2.81 bits per heavy atom. The molecule has 0 amide bonds. The Morgan fingerprint density at radius 1 is 1.42 bits per heavy atom. The third-order valence-electron chi connectivity index (χ3n) is 5.08. The van der Waals surface area contributed by atoms with E-state index in [-0.39, 0.29) is 35.7 Å². The topological polar surface area (TPSA) is 73.1 Å². The molecule has 1 N–H and O–H groups in total. The quantitative estimate of drug-likeness (QED) is 0.398. The molecular weight excluding hydrogens is 449 g/mol. The molecule has 0 radical (unpaired) electrons. The first-order valence-electron chi connectivity index (χ1n) is 8.84. The minimum Gasteiger partial charge on any atom is -0.381 e. The van der Waals surface area contributed by atoms with Gasteiger partial charge in [-0.05, 0) is 0 Å². The van der Waals surface area contributed by atoms with Crippen LogP contribution < -0.4 is 5.32 Å². The molecule has 0 aliphatic carbocycles. The lowest BCUT2D eigenvalue weighted by molar-refractivity contribution is -0.0860. The van der Waals surface area contributed by atoms with Gasteiger partial charge in [0.2, 0.25) is 0 Å². The molecule has 1 aromatic heterocycles. The van der Waals surface area contributed by atoms with Crippen molar-refractivity contribution < 1.29 is 14.2 Å². The van der Waals surface area contributed by atoms with Crippen LogP contribution in [0.15, 0.2) is 17.4 Å². The maximum Gasteiger partial charge on any atom is 0.193 e. The van der Waals surface area contributed by atoms with Crippen LogP contribution in [0.3, 0.4) is 0 Å². The lowest BCUT2D eigenvalue weighted by atomic mass is 9.94. The molecule has 8 nitrogen and oxygen atoms in total. The van der Waals surface area contributed by atoms with Gasteiger partial charge in [-0.2, -0.15) is 5.10 Å². The molecule has 0 saturated carbocycles. The van der Waals surface area contributed by atoms with Gasteiger partial charge in [0.15, 0.2) is 5.96 Å². The predicted molar refractivity (Wildman–Crippen MR) is 110 cm³/mol. The van der Waals surface area contributed by atoms with Gasteiger partial charge in [-0.15, -0.1) is 24.0 Å². The van der Waals surface area contributed by atoms with Crippen LogP contribution in [0.5, 0.6) is 0 Å². The van der Waals surface area contributed by atoms with Crippen molar-refractivity contribution in [3.8, 4) is 0 Å². The number of nitrogens with zero attached hydrogens (tertiary/aromatic N) is 4. The highest BCUT2D eigenvalue weighted by molar-refractivity contribution is 14.0. The molecule has 0 spiro atoms. The Kier molecular flexibility index (Phi) is 8.11. The maximum absolute atomic E-state index is 5.92. The summed E-state index contributed by atoms with van der Waals surface area (Å²) in [6.45, 7) is 4.47. The highest BCUT2D eigenvalue weighted by Gasteiger charge is 2.33. The molecule has 26 heavy (non-hydrogen) atoms. The first-order valence-corrected chi connectivity index (χ1v) is 8.84. The highest BCUT2D eigenvalue weighted by Crippen LogP contribution is 2.24. The number of ether oxygens (including phenoxy) is 3. The van der Waals surface area contributed by atoms with E-state index in [1.807, 2.05) is 26.5 Å². The number of halogens is 1. The van der Waals surface area contributed by atoms with Crippen LogP contribution in [0.25, 0.3) is 0 Å². The number of methoxy groups -OCH3 is 1. The van der Waals surface area contributed by atoms with Crippen molar-refractivity contribution in [1.29, 1.82) is 0 Å². The molecule has 9 heteroatoms. The molecule has 0 bridgehead atoms. The molecule has 0 aromatic carbocycles. The summed E-state index contributed by atoms with van der Waals surface area (Å²) in [6, 6.07) is 0. The number of morpholine rings is 1. The lowest BCUT2D eigenvalue weighted by Crippen LogP contribution is -2.53. The zero-order valence-corrected chi connectivity index (χ0v) is 18.1. The van der Waals surface area contributed by atoms with Crippen LogP contribution in [0.4, 0.5) is 0 Å². The number of aryl methyl sites for hydroxylation is 1. The largest absolute Gasteiger partial charge is 0.381 e. The second kappa shape index (κ2) is 9.86. The van der Waals surface area contributed by atoms with Gasteiger partial charge in [-0.3, -0.25) is 9.67 Å². The fourth-order valence-corrected chi connectivity index (χ4v) is 3.42. The number of aliphatic imine (C=N–C) groups is 1. The normalized spacial score (nSPS) is 23.4. The fourth-order valence-electron chi connectivity index (χ4n) is 3.42. The molecule has 3 heterocycles. The number of nitrogens with one attached hydrogen (secondary N) is 1. The number of aromatic nitrogens is 2. The van der Waals surface area contributed by atoms with Crippen LogP contribution in [-0.2, 0) is 21.3 Å². The maximum atomic E-state index is 5.92. The van der Waals surface area contributed by atoms with E-state index in [1.54, 1.807) is 11.8 Å². The summed E-state index contributed by atoms with van der Waals surface area (Å²) >= 11 is 0. The first kappa shape index (κ1) is 21.4. The minimum absolute atomic E-state index is 0. The average molecular weight is 479 g/mol. The van der Waals surface area contributed by atoms with Gasteiger partial charge in [0, 0.05) is 72.1 Å². The van der Waals surface area contributed by atoms with Crippen molar-refractivity contribution >= 4 is 29.9 Å². The average Bonchev–Trinajstić information content (AvgIpc) is 3.10. The summed E-state index contributed by atoms with van der Waals surface area (Å²) in [5, 5.41) is 7.74. The van der Waals surface area contributed by atoms with E-state index in [2.05, 4.69) is 20.3 Å². The molecule has 148 valence electrons. The van der Waals surface area contributed by atoms with E-state index in [0.29, 0.717) is 6.61 Å². The second-order valence-electron chi connectivity index (χ2n) is 6.65. The highest BCUT2D eigenvalue weighted by atomic mass is 127. The van der Waals surface area contributed by atoms with Gasteiger partial charge in [-0.25, -0.2) is 0 Å². The molecule has 2 saturated heterocycles. The van der Waals surface area contributed by atoms with Gasteiger partial charge in [0.05, 0.1) is 24.9 Å². The summed E-state index contributed by atoms with van der Waals surface area (Å²) in [6.07, 6.45) is 5.68. The van der Waals surface area contributed by atoms with Crippen LogP contribution in [0.2, 0.25) is 0 Å². The van der Waals surface area contributed by atoms with Crippen molar-refractivity contribution in [2.24, 2.45) is 12.0 Å². The molecular formula is C17H30IN5O3. The summed E-state index contributed by atoms with van der Waals surface area (Å²) in [4.78, 5) is 6.70. The Labute approximate surface area is 172 Å². The number of rotatable bonds is 4. The smallest absolute Gasteiger partial charge is 0.193 e. The summed E-state index contributed by atoms with van der Waals surface area (Å²) in [7, 11) is 5.52. The lowest BCUT2D eigenvalue weighted by Gasteiger charge is -2.39. The third kappa shape index (κ3) is 5.08. The van der Waals surface area contributed by atoms with Gasteiger partial charge >= 0.3 is 0 Å². The first-order chi connectivity index (χ1) is 12.2. The van der Waals surface area contributed by atoms with Crippen molar-refractivity contribution in [3.05, 3.63) is 18.0 Å². The minimum atomic E-state index is -0.177. The Hall–Kier alpha value is -0.910. The number of hydrogen-bond acceptors (Lipinski definition) is 5. The van der Waals surface area contributed by atoms with Crippen molar-refractivity contribution in [3.63, 3.8) is 0 Å². The molecule has 2 aliphatic heterocycles. The summed E-state index contributed by atoms with van der Waals surface area (Å²) in [5.74, 6) is 0.889. The molecule has 3 rings (SSSR count). The van der Waals surface area contributed by atoms with Crippen LogP contribution in [0.1, 0.15) is 24.5 Å². The van der Waals surface area contributed by atoms with Gasteiger partial charge in [-0.1, -0.05) is 0 Å². The van der Waals surface area contributed by atoms with E-state index in [1.165, 1.54) is 0 Å². The molecule has 1 atom stereocenters. The third-order valence-corrected chi connectivity index (χ3v) is 5.08. The van der Waals surface area contributed by atoms with E-state index in [9.17, 15) is 0 Å². The van der Waals surface area contributed by atoms with Crippen LogP contribution in [-0.4, -0.2) is 79.9 Å². The predicted octanol–water partition coefficient (Wildman–Crippen LogP) is 1.18. The molecule has 1 unspecified atom stereocenters. The monoisotopic (exact) mass is 479 g/mol. The fraction of sp³-hybridized carbons (Fsp3) is 0.765. The van der Waals surface area contributed by atoms with E-state index >= 15 is 0 Å². The zero-order valence-electron chi connectivity index (χ0n) is 15.8. The number of guanidine groups is 1. The van der Waals surface area contributed by atoms with Crippen molar-refractivity contribution in [2.45, 2.75) is 24.5 Å². The molecule has 2 fully saturated rings. The van der Waals surface area contributed by atoms with E-state index in [4.69, 9.17) is 14.2 Å². The standard InChI is InChI=1S/C17H29N5O3.HI/c1-18-16(19-13-17(23-3)4-7-24-8-5-17)22-6-9-25-15(12-22)14-10-20-21(2)11-14;/h10-11,15H,4-9,12-13H2,1-3H3,(H,18,19);1H. The Balaban J connectivity index is 0.00000243. The van der Waals surface area contributed by atoms with Crippen molar-refractivity contribution in [1.82, 2.24) is 20.0 Å². The second-order valence-corrected chi connectivity index (χ2v) is 6.65.